The third kappa shape index (κ3) is 4.82. The van der Waals surface area contributed by atoms with Crippen molar-refractivity contribution in [2.75, 3.05) is 17.2 Å². The Morgan fingerprint density at radius 3 is 2.20 bits per heavy atom. The Kier molecular flexibility index (Phi) is 5.70. The first-order chi connectivity index (χ1) is 14.7. The number of H-pyrrole nitrogens is 1. The molecule has 0 fully saturated rings. The summed E-state index contributed by atoms with van der Waals surface area (Å²) in [4.78, 5) is 32.1. The molecule has 4 rings (SSSR count). The van der Waals surface area contributed by atoms with Crippen LogP contribution in [0.15, 0.2) is 78.9 Å². The zero-order chi connectivity index (χ0) is 20.8. The summed E-state index contributed by atoms with van der Waals surface area (Å²) < 4.78 is 0. The van der Waals surface area contributed by atoms with Crippen molar-refractivity contribution in [1.82, 2.24) is 15.3 Å². The fourth-order valence-electron chi connectivity index (χ4n) is 3.04. The first kappa shape index (κ1) is 19.2. The molecule has 30 heavy (non-hydrogen) atoms. The van der Waals surface area contributed by atoms with Gasteiger partial charge in [-0.15, -0.1) is 0 Å². The van der Waals surface area contributed by atoms with Crippen LogP contribution in [0.4, 0.5) is 16.2 Å². The zero-order valence-electron chi connectivity index (χ0n) is 16.2. The van der Waals surface area contributed by atoms with Crippen molar-refractivity contribution in [3.63, 3.8) is 0 Å². The molecule has 0 aliphatic rings. The molecule has 3 aromatic carbocycles. The number of para-hydroxylation sites is 3. The van der Waals surface area contributed by atoms with Crippen molar-refractivity contribution in [2.45, 2.75) is 6.42 Å². The van der Waals surface area contributed by atoms with Crippen LogP contribution in [0, 0.1) is 0 Å². The first-order valence-corrected chi connectivity index (χ1v) is 9.62. The molecule has 0 saturated carbocycles. The summed E-state index contributed by atoms with van der Waals surface area (Å²) in [7, 11) is 0. The zero-order valence-corrected chi connectivity index (χ0v) is 16.2. The van der Waals surface area contributed by atoms with E-state index in [2.05, 4.69) is 25.9 Å². The molecule has 0 atom stereocenters. The molecule has 3 amide bonds. The van der Waals surface area contributed by atoms with E-state index in [1.165, 1.54) is 0 Å². The van der Waals surface area contributed by atoms with Gasteiger partial charge in [0.25, 0.3) is 5.91 Å². The van der Waals surface area contributed by atoms with Gasteiger partial charge in [-0.2, -0.15) is 0 Å². The third-order valence-electron chi connectivity index (χ3n) is 4.52. The second-order valence-corrected chi connectivity index (χ2v) is 6.73. The molecule has 0 unspecified atom stereocenters. The number of carbonyl (C=O) groups excluding carboxylic acids is 2. The number of aromatic amines is 1. The molecule has 0 bridgehead atoms. The van der Waals surface area contributed by atoms with Crippen LogP contribution in [0.2, 0.25) is 0 Å². The average molecular weight is 399 g/mol. The number of nitrogens with zero attached hydrogens (tertiary/aromatic N) is 1. The fourth-order valence-corrected chi connectivity index (χ4v) is 3.04. The summed E-state index contributed by atoms with van der Waals surface area (Å²) in [6, 6.07) is 23.4. The Hall–Kier alpha value is -4.13. The number of fused-ring (bicyclic) bond motifs is 1. The van der Waals surface area contributed by atoms with Crippen LogP contribution in [-0.4, -0.2) is 28.5 Å². The van der Waals surface area contributed by atoms with Crippen LogP contribution in [0.1, 0.15) is 16.2 Å². The van der Waals surface area contributed by atoms with E-state index in [0.29, 0.717) is 29.9 Å². The molecule has 4 N–H and O–H groups in total. The van der Waals surface area contributed by atoms with E-state index in [9.17, 15) is 9.59 Å². The smallest absolute Gasteiger partial charge is 0.323 e. The molecule has 1 heterocycles. The quantitative estimate of drug-likeness (QED) is 0.391. The maximum absolute atomic E-state index is 12.3. The van der Waals surface area contributed by atoms with Crippen molar-refractivity contribution in [2.24, 2.45) is 0 Å². The SMILES string of the molecule is O=C(Nc1ccccc1)Nc1ccc(C(=O)NCCc2nc3ccccc3[nH]2)cc1. The summed E-state index contributed by atoms with van der Waals surface area (Å²) in [6.07, 6.45) is 0.611. The van der Waals surface area contributed by atoms with Crippen molar-refractivity contribution in [1.29, 1.82) is 0 Å². The minimum atomic E-state index is -0.343. The molecule has 1 aromatic heterocycles. The number of benzene rings is 3. The minimum Gasteiger partial charge on any atom is -0.352 e. The fraction of sp³-hybridized carbons (Fsp3) is 0.0870. The van der Waals surface area contributed by atoms with Crippen molar-refractivity contribution in [3.8, 4) is 0 Å². The van der Waals surface area contributed by atoms with Gasteiger partial charge in [-0.1, -0.05) is 30.3 Å². The Bertz CT molecular complexity index is 1120. The molecular formula is C23H21N5O2. The van der Waals surface area contributed by atoms with E-state index in [4.69, 9.17) is 0 Å². The Morgan fingerprint density at radius 1 is 0.800 bits per heavy atom. The third-order valence-corrected chi connectivity index (χ3v) is 4.52. The number of nitrogens with one attached hydrogen (secondary N) is 4. The maximum atomic E-state index is 12.3. The van der Waals surface area contributed by atoms with Gasteiger partial charge in [-0.05, 0) is 48.5 Å². The molecule has 0 radical (unpaired) electrons. The number of rotatable bonds is 6. The van der Waals surface area contributed by atoms with E-state index in [-0.39, 0.29) is 11.9 Å². The van der Waals surface area contributed by atoms with Crippen LogP contribution in [0.5, 0.6) is 0 Å². The number of carbonyl (C=O) groups is 2. The second kappa shape index (κ2) is 8.91. The number of anilines is 2. The Labute approximate surface area is 173 Å². The molecule has 4 aromatic rings. The van der Waals surface area contributed by atoms with Gasteiger partial charge >= 0.3 is 6.03 Å². The summed E-state index contributed by atoms with van der Waals surface area (Å²) in [5, 5.41) is 8.37. The van der Waals surface area contributed by atoms with E-state index in [0.717, 1.165) is 16.9 Å². The van der Waals surface area contributed by atoms with Crippen LogP contribution in [0.3, 0.4) is 0 Å². The topological polar surface area (TPSA) is 98.9 Å². The van der Waals surface area contributed by atoms with Gasteiger partial charge in [-0.25, -0.2) is 9.78 Å². The standard InChI is InChI=1S/C23H21N5O2/c29-22(24-15-14-21-27-19-8-4-5-9-20(19)28-21)16-10-12-18(13-11-16)26-23(30)25-17-6-2-1-3-7-17/h1-13H,14-15H2,(H,24,29)(H,27,28)(H2,25,26,30). The van der Waals surface area contributed by atoms with Gasteiger partial charge in [0.05, 0.1) is 11.0 Å². The summed E-state index contributed by atoms with van der Waals surface area (Å²) in [5.74, 6) is 0.659. The molecule has 0 saturated heterocycles. The minimum absolute atomic E-state index is 0.175. The van der Waals surface area contributed by atoms with Gasteiger partial charge in [0.2, 0.25) is 0 Å². The van der Waals surface area contributed by atoms with E-state index < -0.39 is 0 Å². The predicted molar refractivity (Wildman–Crippen MR) is 118 cm³/mol. The molecule has 0 aliphatic carbocycles. The van der Waals surface area contributed by atoms with Gasteiger partial charge < -0.3 is 20.9 Å². The number of aromatic nitrogens is 2. The number of hydrogen-bond donors (Lipinski definition) is 4. The number of urea groups is 1. The van der Waals surface area contributed by atoms with Crippen LogP contribution in [-0.2, 0) is 6.42 Å². The highest BCUT2D eigenvalue weighted by Gasteiger charge is 2.08. The lowest BCUT2D eigenvalue weighted by Gasteiger charge is -2.08. The van der Waals surface area contributed by atoms with Gasteiger partial charge in [-0.3, -0.25) is 4.79 Å². The highest BCUT2D eigenvalue weighted by molar-refractivity contribution is 6.00. The van der Waals surface area contributed by atoms with E-state index in [1.807, 2.05) is 42.5 Å². The summed E-state index contributed by atoms with van der Waals surface area (Å²) in [5.41, 5.74) is 3.72. The van der Waals surface area contributed by atoms with Crippen LogP contribution in [0.25, 0.3) is 11.0 Å². The lowest BCUT2D eigenvalue weighted by Crippen LogP contribution is -2.26. The molecular weight excluding hydrogens is 378 g/mol. The van der Waals surface area contributed by atoms with Gasteiger partial charge in [0.1, 0.15) is 5.82 Å². The lowest BCUT2D eigenvalue weighted by atomic mass is 10.2. The predicted octanol–water partition coefficient (Wildman–Crippen LogP) is 4.18. The average Bonchev–Trinajstić information content (AvgIpc) is 3.17. The molecule has 150 valence electrons. The van der Waals surface area contributed by atoms with Crippen molar-refractivity contribution < 1.29 is 9.59 Å². The van der Waals surface area contributed by atoms with Gasteiger partial charge in [0, 0.05) is 29.9 Å². The highest BCUT2D eigenvalue weighted by atomic mass is 16.2. The lowest BCUT2D eigenvalue weighted by molar-refractivity contribution is 0.0954. The van der Waals surface area contributed by atoms with Gasteiger partial charge in [0.15, 0.2) is 0 Å². The van der Waals surface area contributed by atoms with E-state index >= 15 is 0 Å². The molecule has 0 aliphatic heterocycles. The normalized spacial score (nSPS) is 10.5. The van der Waals surface area contributed by atoms with Crippen molar-refractivity contribution in [3.05, 3.63) is 90.3 Å². The van der Waals surface area contributed by atoms with Crippen LogP contribution >= 0.6 is 0 Å². The number of imidazole rings is 1. The molecule has 0 spiro atoms. The largest absolute Gasteiger partial charge is 0.352 e. The van der Waals surface area contributed by atoms with Crippen molar-refractivity contribution >= 4 is 34.3 Å². The van der Waals surface area contributed by atoms with Crippen LogP contribution < -0.4 is 16.0 Å². The highest BCUT2D eigenvalue weighted by Crippen LogP contribution is 2.12. The number of amides is 3. The van der Waals surface area contributed by atoms with E-state index in [1.54, 1.807) is 36.4 Å². The molecule has 7 heteroatoms. The molecule has 7 nitrogen and oxygen atoms in total. The maximum Gasteiger partial charge on any atom is 0.323 e. The Morgan fingerprint density at radius 2 is 1.47 bits per heavy atom. The summed E-state index contributed by atoms with van der Waals surface area (Å²) >= 11 is 0. The summed E-state index contributed by atoms with van der Waals surface area (Å²) in [6.45, 7) is 0.470. The number of hydrogen-bond acceptors (Lipinski definition) is 3. The first-order valence-electron chi connectivity index (χ1n) is 9.62. The second-order valence-electron chi connectivity index (χ2n) is 6.73. The Balaban J connectivity index is 1.26. The monoisotopic (exact) mass is 399 g/mol.